The third-order valence-electron chi connectivity index (χ3n) is 5.39. The van der Waals surface area contributed by atoms with E-state index in [1.807, 2.05) is 24.0 Å². The summed E-state index contributed by atoms with van der Waals surface area (Å²) in [5, 5.41) is 0. The first-order valence-corrected chi connectivity index (χ1v) is 10.1. The Bertz CT molecular complexity index is 792. The van der Waals surface area contributed by atoms with Crippen LogP contribution in [0.4, 0.5) is 4.39 Å². The number of halogens is 1. The van der Waals surface area contributed by atoms with Gasteiger partial charge in [-0.15, -0.1) is 0 Å². The van der Waals surface area contributed by atoms with Gasteiger partial charge in [0.15, 0.2) is 0 Å². The number of hydrogen-bond acceptors (Lipinski definition) is 5. The zero-order valence-electron chi connectivity index (χ0n) is 17.2. The quantitative estimate of drug-likeness (QED) is 0.682. The molecule has 0 saturated carbocycles. The molecule has 6 nitrogen and oxygen atoms in total. The fraction of sp³-hybridized carbons (Fsp3) is 0.500. The fourth-order valence-corrected chi connectivity index (χ4v) is 3.65. The highest BCUT2D eigenvalue weighted by atomic mass is 19.1. The summed E-state index contributed by atoms with van der Waals surface area (Å²) >= 11 is 0. The number of aromatic nitrogens is 2. The summed E-state index contributed by atoms with van der Waals surface area (Å²) in [6.45, 7) is 5.96. The van der Waals surface area contributed by atoms with Crippen molar-refractivity contribution in [3.8, 4) is 0 Å². The standard InChI is InChI=1S/C22H29FN4O2/c1-17-13-25-21(14-24-17)22(28)27(11-12-29-2)15-18-7-9-26(10-8-18)16-19-5-3-4-6-20(19)23/h3-6,13-14,18H,7-12,15-16H2,1-2H3. The van der Waals surface area contributed by atoms with Gasteiger partial charge in [-0.05, 0) is 44.8 Å². The van der Waals surface area contributed by atoms with Crippen molar-refractivity contribution in [2.45, 2.75) is 26.3 Å². The van der Waals surface area contributed by atoms with Gasteiger partial charge in [-0.3, -0.25) is 14.7 Å². The van der Waals surface area contributed by atoms with Crippen molar-refractivity contribution in [2.75, 3.05) is 39.9 Å². The van der Waals surface area contributed by atoms with E-state index in [4.69, 9.17) is 4.74 Å². The van der Waals surface area contributed by atoms with E-state index in [1.54, 1.807) is 19.4 Å². The van der Waals surface area contributed by atoms with Crippen LogP contribution in [0.2, 0.25) is 0 Å². The molecule has 1 aromatic carbocycles. The first kappa shape index (κ1) is 21.3. The van der Waals surface area contributed by atoms with E-state index in [9.17, 15) is 9.18 Å². The minimum atomic E-state index is -0.148. The third-order valence-corrected chi connectivity index (χ3v) is 5.39. The Morgan fingerprint density at radius 1 is 1.24 bits per heavy atom. The number of carbonyl (C=O) groups excluding carboxylic acids is 1. The van der Waals surface area contributed by atoms with Gasteiger partial charge in [-0.2, -0.15) is 0 Å². The Labute approximate surface area is 171 Å². The molecular formula is C22H29FN4O2. The van der Waals surface area contributed by atoms with Gasteiger partial charge in [0.1, 0.15) is 11.5 Å². The topological polar surface area (TPSA) is 58.6 Å². The van der Waals surface area contributed by atoms with Gasteiger partial charge >= 0.3 is 0 Å². The Hall–Kier alpha value is -2.38. The van der Waals surface area contributed by atoms with Gasteiger partial charge in [0, 0.05) is 38.5 Å². The molecule has 1 aromatic heterocycles. The van der Waals surface area contributed by atoms with Crippen LogP contribution in [0.25, 0.3) is 0 Å². The molecule has 7 heteroatoms. The predicted octanol–water partition coefficient (Wildman–Crippen LogP) is 2.92. The molecule has 0 aliphatic carbocycles. The molecule has 0 atom stereocenters. The first-order chi connectivity index (χ1) is 14.1. The lowest BCUT2D eigenvalue weighted by molar-refractivity contribution is 0.0611. The summed E-state index contributed by atoms with van der Waals surface area (Å²) < 4.78 is 19.1. The van der Waals surface area contributed by atoms with E-state index in [0.29, 0.717) is 37.9 Å². The van der Waals surface area contributed by atoms with Crippen LogP contribution in [0.15, 0.2) is 36.7 Å². The highest BCUT2D eigenvalue weighted by molar-refractivity contribution is 5.92. The maximum absolute atomic E-state index is 13.9. The predicted molar refractivity (Wildman–Crippen MR) is 109 cm³/mol. The smallest absolute Gasteiger partial charge is 0.274 e. The number of benzene rings is 1. The average molecular weight is 400 g/mol. The monoisotopic (exact) mass is 400 g/mol. The summed E-state index contributed by atoms with van der Waals surface area (Å²) in [5.74, 6) is 0.152. The number of rotatable bonds is 8. The molecular weight excluding hydrogens is 371 g/mol. The summed E-state index contributed by atoms with van der Waals surface area (Å²) in [5.41, 5.74) is 1.89. The summed E-state index contributed by atoms with van der Waals surface area (Å²) in [4.78, 5) is 25.4. The van der Waals surface area contributed by atoms with Crippen molar-refractivity contribution in [3.63, 3.8) is 0 Å². The Kier molecular flexibility index (Phi) is 7.66. The van der Waals surface area contributed by atoms with Crippen molar-refractivity contribution >= 4 is 5.91 Å². The number of methoxy groups -OCH3 is 1. The number of piperidine rings is 1. The number of carbonyl (C=O) groups is 1. The van der Waals surface area contributed by atoms with Gasteiger partial charge in [0.2, 0.25) is 0 Å². The maximum atomic E-state index is 13.9. The van der Waals surface area contributed by atoms with Gasteiger partial charge in [0.05, 0.1) is 18.5 Å². The number of ether oxygens (including phenoxy) is 1. The van der Waals surface area contributed by atoms with Crippen LogP contribution in [0.1, 0.15) is 34.6 Å². The largest absolute Gasteiger partial charge is 0.383 e. The Morgan fingerprint density at radius 3 is 2.66 bits per heavy atom. The normalized spacial score (nSPS) is 15.4. The van der Waals surface area contributed by atoms with Gasteiger partial charge in [-0.25, -0.2) is 9.37 Å². The molecule has 1 aliphatic heterocycles. The van der Waals surface area contributed by atoms with Crippen molar-refractivity contribution in [1.82, 2.24) is 19.8 Å². The van der Waals surface area contributed by atoms with E-state index in [2.05, 4.69) is 14.9 Å². The number of likely N-dealkylation sites (tertiary alicyclic amines) is 1. The molecule has 0 unspecified atom stereocenters. The average Bonchev–Trinajstić information content (AvgIpc) is 2.74. The molecule has 1 saturated heterocycles. The van der Waals surface area contributed by atoms with Crippen LogP contribution in [-0.2, 0) is 11.3 Å². The number of amides is 1. The molecule has 2 heterocycles. The van der Waals surface area contributed by atoms with E-state index in [1.165, 1.54) is 12.3 Å². The van der Waals surface area contributed by atoms with Crippen molar-refractivity contribution in [2.24, 2.45) is 5.92 Å². The van der Waals surface area contributed by atoms with E-state index in [0.717, 1.165) is 37.2 Å². The molecule has 0 bridgehead atoms. The van der Waals surface area contributed by atoms with Crippen LogP contribution in [0.3, 0.4) is 0 Å². The lowest BCUT2D eigenvalue weighted by atomic mass is 9.95. The molecule has 1 amide bonds. The van der Waals surface area contributed by atoms with Crippen LogP contribution < -0.4 is 0 Å². The second-order valence-electron chi connectivity index (χ2n) is 7.60. The van der Waals surface area contributed by atoms with Crippen LogP contribution in [-0.4, -0.2) is 65.6 Å². The van der Waals surface area contributed by atoms with Crippen LogP contribution in [0, 0.1) is 18.7 Å². The van der Waals surface area contributed by atoms with Crippen LogP contribution in [0.5, 0.6) is 0 Å². The lowest BCUT2D eigenvalue weighted by Gasteiger charge is -2.35. The first-order valence-electron chi connectivity index (χ1n) is 10.1. The lowest BCUT2D eigenvalue weighted by Crippen LogP contribution is -2.42. The molecule has 29 heavy (non-hydrogen) atoms. The minimum absolute atomic E-state index is 0.108. The minimum Gasteiger partial charge on any atom is -0.383 e. The highest BCUT2D eigenvalue weighted by Crippen LogP contribution is 2.21. The van der Waals surface area contributed by atoms with E-state index >= 15 is 0 Å². The second kappa shape index (κ2) is 10.4. The summed E-state index contributed by atoms with van der Waals surface area (Å²) in [6.07, 6.45) is 5.10. The molecule has 1 aliphatic rings. The van der Waals surface area contributed by atoms with Crippen LogP contribution >= 0.6 is 0 Å². The fourth-order valence-electron chi connectivity index (χ4n) is 3.65. The zero-order valence-corrected chi connectivity index (χ0v) is 17.2. The van der Waals surface area contributed by atoms with Gasteiger partial charge < -0.3 is 9.64 Å². The second-order valence-corrected chi connectivity index (χ2v) is 7.60. The van der Waals surface area contributed by atoms with E-state index in [-0.39, 0.29) is 11.7 Å². The molecule has 0 radical (unpaired) electrons. The molecule has 0 N–H and O–H groups in total. The van der Waals surface area contributed by atoms with Crippen molar-refractivity contribution in [3.05, 3.63) is 59.4 Å². The molecule has 156 valence electrons. The van der Waals surface area contributed by atoms with Gasteiger partial charge in [-0.1, -0.05) is 18.2 Å². The molecule has 0 spiro atoms. The van der Waals surface area contributed by atoms with E-state index < -0.39 is 0 Å². The zero-order chi connectivity index (χ0) is 20.6. The SMILES string of the molecule is COCCN(CC1CCN(Cc2ccccc2F)CC1)C(=O)c1cnc(C)cn1. The van der Waals surface area contributed by atoms with Gasteiger partial charge in [0.25, 0.3) is 5.91 Å². The maximum Gasteiger partial charge on any atom is 0.274 e. The molecule has 1 fully saturated rings. The number of nitrogens with zero attached hydrogens (tertiary/aromatic N) is 4. The summed E-state index contributed by atoms with van der Waals surface area (Å²) in [7, 11) is 1.63. The molecule has 3 rings (SSSR count). The third kappa shape index (κ3) is 6.05. The van der Waals surface area contributed by atoms with Crippen molar-refractivity contribution in [1.29, 1.82) is 0 Å². The Balaban J connectivity index is 1.56. The molecule has 2 aromatic rings. The number of aryl methyl sites for hydroxylation is 1. The summed E-state index contributed by atoms with van der Waals surface area (Å²) in [6, 6.07) is 6.94. The highest BCUT2D eigenvalue weighted by Gasteiger charge is 2.25. The van der Waals surface area contributed by atoms with Crippen molar-refractivity contribution < 1.29 is 13.9 Å². The Morgan fingerprint density at radius 2 is 2.00 bits per heavy atom. The number of hydrogen-bond donors (Lipinski definition) is 0.